The van der Waals surface area contributed by atoms with Crippen molar-refractivity contribution in [2.45, 2.75) is 76.7 Å². The minimum atomic E-state index is -0.982. The van der Waals surface area contributed by atoms with Crippen molar-refractivity contribution in [1.29, 1.82) is 5.26 Å². The SMILES string of the molecule is C[C@@H](Oc1cc(-c2c(C#N)ncn2Cc2cnn(CC3CCN(C4CCN(c5ccc6c(c5)C(=O)N(C5CCC(=O)NC5=O)C6=O)CC4)CC3)c2)cnc1N)c1cccc(F)c1. The third-order valence-corrected chi connectivity index (χ3v) is 12.6. The average Bonchev–Trinajstić information content (AvgIpc) is 3.97. The summed E-state index contributed by atoms with van der Waals surface area (Å²) < 4.78 is 23.9. The van der Waals surface area contributed by atoms with Crippen LogP contribution in [0.2, 0.25) is 0 Å². The highest BCUT2D eigenvalue weighted by atomic mass is 19.1. The van der Waals surface area contributed by atoms with E-state index in [-0.39, 0.29) is 35.7 Å². The molecule has 3 N–H and O–H groups in total. The highest BCUT2D eigenvalue weighted by molar-refractivity contribution is 6.23. The summed E-state index contributed by atoms with van der Waals surface area (Å²) in [6.45, 7) is 6.70. The van der Waals surface area contributed by atoms with Gasteiger partial charge in [0.25, 0.3) is 11.8 Å². The van der Waals surface area contributed by atoms with Crippen LogP contribution < -0.4 is 20.7 Å². The molecule has 0 bridgehead atoms. The number of carbonyl (C=O) groups is 4. The standard InChI is InChI=1S/C45H46FN11O5/c1-27(30-3-2-4-32(46)17-30)62-39-18-31(22-49-42(39)48)41-37(20-47)50-26-55(41)23-29-21-51-56(25-29)24-28-9-13-53(14-10-28)33-11-15-54(16-12-33)34-5-6-35-36(19-34)45(61)57(44(35)60)38-7-8-40(58)52-43(38)59/h2-6,17-19,21-22,25-28,33,38H,7-16,23-24H2,1H3,(H2,48,49)(H,52,58,59)/t27-,38?/m1/s1. The monoisotopic (exact) mass is 839 g/mol. The fourth-order valence-corrected chi connectivity index (χ4v) is 9.28. The number of benzene rings is 2. The summed E-state index contributed by atoms with van der Waals surface area (Å²) in [7, 11) is 0. The molecule has 62 heavy (non-hydrogen) atoms. The molecule has 3 fully saturated rings. The van der Waals surface area contributed by atoms with Gasteiger partial charge in [0, 0.05) is 61.3 Å². The molecule has 4 amide bonds. The Kier molecular flexibility index (Phi) is 11.0. The van der Waals surface area contributed by atoms with Gasteiger partial charge in [-0.3, -0.25) is 34.1 Å². The van der Waals surface area contributed by atoms with Crippen LogP contribution in [0.25, 0.3) is 11.3 Å². The van der Waals surface area contributed by atoms with E-state index in [4.69, 9.17) is 15.6 Å². The van der Waals surface area contributed by atoms with E-state index in [9.17, 15) is 28.8 Å². The Morgan fingerprint density at radius 2 is 1.74 bits per heavy atom. The Balaban J connectivity index is 0.772. The van der Waals surface area contributed by atoms with Gasteiger partial charge in [-0.15, -0.1) is 0 Å². The molecule has 17 heteroatoms. The largest absolute Gasteiger partial charge is 0.482 e. The first-order valence-electron chi connectivity index (χ1n) is 21.0. The molecule has 16 nitrogen and oxygen atoms in total. The van der Waals surface area contributed by atoms with E-state index >= 15 is 0 Å². The third kappa shape index (κ3) is 8.00. The van der Waals surface area contributed by atoms with Crippen LogP contribution in [0, 0.1) is 23.1 Å². The molecule has 0 aliphatic carbocycles. The van der Waals surface area contributed by atoms with Gasteiger partial charge in [-0.25, -0.2) is 14.4 Å². The number of halogens is 1. The summed E-state index contributed by atoms with van der Waals surface area (Å²) in [5, 5.41) is 16.9. The van der Waals surface area contributed by atoms with E-state index in [0.717, 1.165) is 74.6 Å². The third-order valence-electron chi connectivity index (χ3n) is 12.6. The average molecular weight is 840 g/mol. The van der Waals surface area contributed by atoms with Gasteiger partial charge in [0.1, 0.15) is 24.0 Å². The number of aromatic nitrogens is 5. The van der Waals surface area contributed by atoms with Crippen LogP contribution in [-0.2, 0) is 22.7 Å². The Morgan fingerprint density at radius 1 is 0.952 bits per heavy atom. The number of imide groups is 2. The number of hydrogen-bond acceptors (Lipinski definition) is 12. The van der Waals surface area contributed by atoms with Crippen molar-refractivity contribution in [3.05, 3.63) is 107 Å². The van der Waals surface area contributed by atoms with Gasteiger partial charge in [-0.05, 0) is 100.0 Å². The number of likely N-dealkylation sites (tertiary alicyclic amines) is 1. The number of nitrogen functional groups attached to an aromatic ring is 1. The van der Waals surface area contributed by atoms with Crippen molar-refractivity contribution >= 4 is 35.1 Å². The molecule has 4 aliphatic rings. The first-order chi connectivity index (χ1) is 30.0. The number of nitrogens with one attached hydrogen (secondary N) is 1. The Morgan fingerprint density at radius 3 is 2.50 bits per heavy atom. The molecular formula is C45H46FN11O5. The number of piperidine rings is 3. The topological polar surface area (TPSA) is 198 Å². The molecule has 9 rings (SSSR count). The van der Waals surface area contributed by atoms with E-state index in [1.54, 1.807) is 49.8 Å². The van der Waals surface area contributed by atoms with Crippen molar-refractivity contribution in [2.24, 2.45) is 5.92 Å². The van der Waals surface area contributed by atoms with Gasteiger partial charge < -0.3 is 24.8 Å². The summed E-state index contributed by atoms with van der Waals surface area (Å²) in [6, 6.07) is 14.9. The van der Waals surface area contributed by atoms with Crippen LogP contribution >= 0.6 is 0 Å². The van der Waals surface area contributed by atoms with Crippen LogP contribution in [0.3, 0.4) is 0 Å². The predicted molar refractivity (Wildman–Crippen MR) is 224 cm³/mol. The zero-order chi connectivity index (χ0) is 43.1. The maximum absolute atomic E-state index is 13.9. The van der Waals surface area contributed by atoms with E-state index < -0.39 is 35.8 Å². The highest BCUT2D eigenvalue weighted by Gasteiger charge is 2.45. The fourth-order valence-electron chi connectivity index (χ4n) is 9.28. The number of rotatable bonds is 11. The number of pyridine rings is 1. The lowest BCUT2D eigenvalue weighted by Gasteiger charge is -2.42. The summed E-state index contributed by atoms with van der Waals surface area (Å²) in [5.41, 5.74) is 10.7. The number of nitrogens with zero attached hydrogens (tertiary/aromatic N) is 9. The van der Waals surface area contributed by atoms with Gasteiger partial charge >= 0.3 is 0 Å². The lowest BCUT2D eigenvalue weighted by Crippen LogP contribution is -2.54. The lowest BCUT2D eigenvalue weighted by molar-refractivity contribution is -0.136. The highest BCUT2D eigenvalue weighted by Crippen LogP contribution is 2.35. The minimum absolute atomic E-state index is 0.0847. The molecule has 0 saturated carbocycles. The van der Waals surface area contributed by atoms with Crippen LogP contribution in [-0.4, -0.2) is 96.0 Å². The van der Waals surface area contributed by atoms with E-state index in [0.29, 0.717) is 46.6 Å². The summed E-state index contributed by atoms with van der Waals surface area (Å²) >= 11 is 0. The van der Waals surface area contributed by atoms with Crippen molar-refractivity contribution in [3.63, 3.8) is 0 Å². The summed E-state index contributed by atoms with van der Waals surface area (Å²) in [4.78, 5) is 65.2. The Labute approximate surface area is 357 Å². The molecule has 2 aromatic carbocycles. The second-order valence-electron chi connectivity index (χ2n) is 16.5. The molecule has 4 aliphatic heterocycles. The maximum atomic E-state index is 13.9. The first kappa shape index (κ1) is 40.5. The minimum Gasteiger partial charge on any atom is -0.482 e. The second-order valence-corrected chi connectivity index (χ2v) is 16.5. The summed E-state index contributed by atoms with van der Waals surface area (Å²) in [5.74, 6) is -1.39. The van der Waals surface area contributed by atoms with E-state index in [1.807, 2.05) is 27.7 Å². The fraction of sp³-hybridized carbons (Fsp3) is 0.378. The molecule has 3 aromatic heterocycles. The maximum Gasteiger partial charge on any atom is 0.262 e. The van der Waals surface area contributed by atoms with Crippen LogP contribution in [0.15, 0.2) is 73.4 Å². The van der Waals surface area contributed by atoms with Gasteiger partial charge in [-0.2, -0.15) is 10.4 Å². The number of nitriles is 1. The number of hydrogen-bond donors (Lipinski definition) is 2. The molecular weight excluding hydrogens is 794 g/mol. The number of amides is 4. The number of ether oxygens (including phenoxy) is 1. The number of nitrogens with two attached hydrogens (primary N) is 1. The Hall–Kier alpha value is -6.93. The number of fused-ring (bicyclic) bond motifs is 1. The van der Waals surface area contributed by atoms with E-state index in [2.05, 4.69) is 31.2 Å². The number of carbonyl (C=O) groups excluding carboxylic acids is 4. The van der Waals surface area contributed by atoms with Crippen LogP contribution in [0.5, 0.6) is 5.75 Å². The van der Waals surface area contributed by atoms with Crippen molar-refractivity contribution < 1.29 is 28.3 Å². The zero-order valence-corrected chi connectivity index (χ0v) is 34.2. The van der Waals surface area contributed by atoms with Crippen LogP contribution in [0.4, 0.5) is 15.9 Å². The number of imidazole rings is 1. The number of anilines is 2. The van der Waals surface area contributed by atoms with Gasteiger partial charge in [0.05, 0.1) is 35.9 Å². The van der Waals surface area contributed by atoms with Gasteiger partial charge in [-0.1, -0.05) is 12.1 Å². The normalized spacial score (nSPS) is 19.4. The molecule has 0 radical (unpaired) electrons. The van der Waals surface area contributed by atoms with E-state index in [1.165, 1.54) is 12.1 Å². The van der Waals surface area contributed by atoms with Crippen LogP contribution in [0.1, 0.15) is 89.1 Å². The molecule has 0 spiro atoms. The summed E-state index contributed by atoms with van der Waals surface area (Å²) in [6.07, 6.45) is 10.9. The molecule has 1 unspecified atom stereocenters. The predicted octanol–water partition coefficient (Wildman–Crippen LogP) is 4.71. The first-order valence-corrected chi connectivity index (χ1v) is 21.0. The zero-order valence-electron chi connectivity index (χ0n) is 34.2. The van der Waals surface area contributed by atoms with Gasteiger partial charge in [0.2, 0.25) is 11.8 Å². The molecule has 318 valence electrons. The molecule has 3 saturated heterocycles. The molecule has 2 atom stereocenters. The smallest absolute Gasteiger partial charge is 0.262 e. The molecule has 7 heterocycles. The Bertz CT molecular complexity index is 2600. The van der Waals surface area contributed by atoms with Gasteiger partial charge in [0.15, 0.2) is 17.3 Å². The van der Waals surface area contributed by atoms with Crippen molar-refractivity contribution in [3.8, 4) is 23.1 Å². The second kappa shape index (κ2) is 16.8. The lowest BCUT2D eigenvalue weighted by atomic mass is 9.93. The van der Waals surface area contributed by atoms with Crippen molar-refractivity contribution in [1.82, 2.24) is 39.4 Å². The quantitative estimate of drug-likeness (QED) is 0.174. The van der Waals surface area contributed by atoms with Crippen molar-refractivity contribution in [2.75, 3.05) is 36.8 Å². The molecule has 5 aromatic rings.